The lowest BCUT2D eigenvalue weighted by atomic mass is 9.82. The summed E-state index contributed by atoms with van der Waals surface area (Å²) < 4.78 is 27.1. The van der Waals surface area contributed by atoms with E-state index in [9.17, 15) is 8.42 Å². The average Bonchev–Trinajstić information content (AvgIpc) is 2.83. The van der Waals surface area contributed by atoms with Crippen LogP contribution >= 0.6 is 0 Å². The summed E-state index contributed by atoms with van der Waals surface area (Å²) in [5, 5.41) is 0. The molecule has 2 N–H and O–H groups in total. The Hall–Kier alpha value is -1.07. The Bertz CT molecular complexity index is 572. The monoisotopic (exact) mass is 296 g/mol. The molecule has 0 aromatic heterocycles. The number of anilines is 1. The number of nitrogen functional groups attached to an aromatic ring is 1. The molecule has 0 saturated carbocycles. The standard InChI is InChI=1S/C15H24N2O2S/c1-4-15(5-2)6-7-17(11-15)20(18,19)14-9-12(3)8-13(16)10-14/h8-10H,4-7,11,16H2,1-3H3. The van der Waals surface area contributed by atoms with Crippen molar-refractivity contribution >= 4 is 15.7 Å². The van der Waals surface area contributed by atoms with Crippen molar-refractivity contribution in [3.05, 3.63) is 23.8 Å². The molecule has 0 atom stereocenters. The van der Waals surface area contributed by atoms with Crippen LogP contribution in [0.25, 0.3) is 0 Å². The molecule has 1 saturated heterocycles. The Balaban J connectivity index is 2.32. The van der Waals surface area contributed by atoms with E-state index in [4.69, 9.17) is 5.73 Å². The van der Waals surface area contributed by atoms with Crippen molar-refractivity contribution in [2.45, 2.75) is 44.9 Å². The molecule has 20 heavy (non-hydrogen) atoms. The van der Waals surface area contributed by atoms with Crippen LogP contribution in [0.3, 0.4) is 0 Å². The van der Waals surface area contributed by atoms with E-state index in [0.29, 0.717) is 23.7 Å². The largest absolute Gasteiger partial charge is 0.399 e. The summed E-state index contributed by atoms with van der Waals surface area (Å²) in [6.07, 6.45) is 2.98. The average molecular weight is 296 g/mol. The van der Waals surface area contributed by atoms with Gasteiger partial charge in [-0.05, 0) is 55.4 Å². The van der Waals surface area contributed by atoms with Gasteiger partial charge in [0.15, 0.2) is 0 Å². The number of nitrogens with zero attached hydrogens (tertiary/aromatic N) is 1. The van der Waals surface area contributed by atoms with Crippen LogP contribution in [0.1, 0.15) is 38.7 Å². The van der Waals surface area contributed by atoms with E-state index >= 15 is 0 Å². The zero-order chi connectivity index (χ0) is 15.0. The van der Waals surface area contributed by atoms with Crippen LogP contribution in [0, 0.1) is 12.3 Å². The zero-order valence-electron chi connectivity index (χ0n) is 12.5. The van der Waals surface area contributed by atoms with Gasteiger partial charge in [0.05, 0.1) is 4.90 Å². The summed E-state index contributed by atoms with van der Waals surface area (Å²) in [5.41, 5.74) is 7.29. The number of hydrogen-bond donors (Lipinski definition) is 1. The molecule has 0 spiro atoms. The molecule has 1 heterocycles. The van der Waals surface area contributed by atoms with Crippen molar-refractivity contribution in [3.8, 4) is 0 Å². The van der Waals surface area contributed by atoms with E-state index in [-0.39, 0.29) is 5.41 Å². The Morgan fingerprint density at radius 3 is 2.40 bits per heavy atom. The molecule has 1 aromatic carbocycles. The van der Waals surface area contributed by atoms with Gasteiger partial charge in [0.25, 0.3) is 0 Å². The lowest BCUT2D eigenvalue weighted by molar-refractivity contribution is 0.279. The molecule has 0 aliphatic carbocycles. The van der Waals surface area contributed by atoms with Crippen LogP contribution in [-0.4, -0.2) is 25.8 Å². The van der Waals surface area contributed by atoms with E-state index in [0.717, 1.165) is 24.8 Å². The quantitative estimate of drug-likeness (QED) is 0.869. The molecule has 1 aliphatic rings. The van der Waals surface area contributed by atoms with Gasteiger partial charge < -0.3 is 5.73 Å². The normalized spacial score (nSPS) is 19.4. The molecule has 0 amide bonds. The molecule has 4 nitrogen and oxygen atoms in total. The highest BCUT2D eigenvalue weighted by molar-refractivity contribution is 7.89. The van der Waals surface area contributed by atoms with Gasteiger partial charge in [0.2, 0.25) is 10.0 Å². The number of rotatable bonds is 4. The molecule has 5 heteroatoms. The second kappa shape index (κ2) is 5.37. The van der Waals surface area contributed by atoms with E-state index in [1.54, 1.807) is 22.5 Å². The van der Waals surface area contributed by atoms with Gasteiger partial charge in [-0.1, -0.05) is 13.8 Å². The van der Waals surface area contributed by atoms with E-state index in [1.165, 1.54) is 0 Å². The lowest BCUT2D eigenvalue weighted by Crippen LogP contribution is -2.32. The molecular formula is C15H24N2O2S. The van der Waals surface area contributed by atoms with Crippen LogP contribution in [0.4, 0.5) is 5.69 Å². The van der Waals surface area contributed by atoms with Gasteiger partial charge in [0.1, 0.15) is 0 Å². The van der Waals surface area contributed by atoms with Crippen molar-refractivity contribution in [1.82, 2.24) is 4.31 Å². The third kappa shape index (κ3) is 2.69. The first-order valence-electron chi connectivity index (χ1n) is 7.20. The smallest absolute Gasteiger partial charge is 0.243 e. The van der Waals surface area contributed by atoms with Crippen molar-refractivity contribution in [2.24, 2.45) is 5.41 Å². The molecule has 1 aliphatic heterocycles. The minimum absolute atomic E-state index is 0.141. The maximum atomic E-state index is 12.7. The Kier molecular flexibility index (Phi) is 4.12. The molecular weight excluding hydrogens is 272 g/mol. The van der Waals surface area contributed by atoms with Gasteiger partial charge in [-0.25, -0.2) is 8.42 Å². The number of benzene rings is 1. The maximum Gasteiger partial charge on any atom is 0.243 e. The fraction of sp³-hybridized carbons (Fsp3) is 0.600. The van der Waals surface area contributed by atoms with Crippen LogP contribution in [0.2, 0.25) is 0 Å². The van der Waals surface area contributed by atoms with Crippen molar-refractivity contribution in [2.75, 3.05) is 18.8 Å². The van der Waals surface area contributed by atoms with Gasteiger partial charge in [-0.2, -0.15) is 4.31 Å². The van der Waals surface area contributed by atoms with Gasteiger partial charge >= 0.3 is 0 Å². The predicted molar refractivity (Wildman–Crippen MR) is 82.0 cm³/mol. The first-order chi connectivity index (χ1) is 9.33. The molecule has 2 rings (SSSR count). The minimum Gasteiger partial charge on any atom is -0.399 e. The summed E-state index contributed by atoms with van der Waals surface area (Å²) >= 11 is 0. The maximum absolute atomic E-state index is 12.7. The zero-order valence-corrected chi connectivity index (χ0v) is 13.3. The number of nitrogens with two attached hydrogens (primary N) is 1. The molecule has 0 radical (unpaired) electrons. The summed E-state index contributed by atoms with van der Waals surface area (Å²) in [5.74, 6) is 0. The molecule has 0 unspecified atom stereocenters. The van der Waals surface area contributed by atoms with Crippen LogP contribution in [0.5, 0.6) is 0 Å². The molecule has 1 aromatic rings. The highest BCUT2D eigenvalue weighted by atomic mass is 32.2. The van der Waals surface area contributed by atoms with E-state index in [2.05, 4.69) is 13.8 Å². The van der Waals surface area contributed by atoms with Gasteiger partial charge in [0, 0.05) is 18.8 Å². The third-order valence-corrected chi connectivity index (χ3v) is 6.44. The number of hydrogen-bond acceptors (Lipinski definition) is 3. The Morgan fingerprint density at radius 2 is 1.90 bits per heavy atom. The number of sulfonamides is 1. The second-order valence-corrected chi connectivity index (χ2v) is 7.81. The first kappa shape index (κ1) is 15.3. The third-order valence-electron chi connectivity index (χ3n) is 4.61. The van der Waals surface area contributed by atoms with Gasteiger partial charge in [-0.3, -0.25) is 0 Å². The predicted octanol–water partition coefficient (Wildman–Crippen LogP) is 2.78. The Labute approximate surface area is 122 Å². The van der Waals surface area contributed by atoms with Crippen LogP contribution in [0.15, 0.2) is 23.1 Å². The molecule has 0 bridgehead atoms. The van der Waals surface area contributed by atoms with Crippen molar-refractivity contribution in [3.63, 3.8) is 0 Å². The summed E-state index contributed by atoms with van der Waals surface area (Å²) in [7, 11) is -3.42. The van der Waals surface area contributed by atoms with Crippen molar-refractivity contribution in [1.29, 1.82) is 0 Å². The lowest BCUT2D eigenvalue weighted by Gasteiger charge is -2.26. The summed E-state index contributed by atoms with van der Waals surface area (Å²) in [6.45, 7) is 7.38. The minimum atomic E-state index is -3.42. The summed E-state index contributed by atoms with van der Waals surface area (Å²) in [6, 6.07) is 5.04. The fourth-order valence-corrected chi connectivity index (χ4v) is 4.69. The number of aryl methyl sites for hydroxylation is 1. The van der Waals surface area contributed by atoms with E-state index in [1.807, 2.05) is 6.92 Å². The SMILES string of the molecule is CCC1(CC)CCN(S(=O)(=O)c2cc(C)cc(N)c2)C1. The second-order valence-electron chi connectivity index (χ2n) is 5.88. The van der Waals surface area contributed by atoms with Crippen molar-refractivity contribution < 1.29 is 8.42 Å². The molecule has 1 fully saturated rings. The topological polar surface area (TPSA) is 63.4 Å². The van der Waals surface area contributed by atoms with Crippen LogP contribution in [-0.2, 0) is 10.0 Å². The first-order valence-corrected chi connectivity index (χ1v) is 8.64. The fourth-order valence-electron chi connectivity index (χ4n) is 3.00. The van der Waals surface area contributed by atoms with E-state index < -0.39 is 10.0 Å². The van der Waals surface area contributed by atoms with Gasteiger partial charge in [-0.15, -0.1) is 0 Å². The highest BCUT2D eigenvalue weighted by Gasteiger charge is 2.40. The van der Waals surface area contributed by atoms with Crippen LogP contribution < -0.4 is 5.73 Å². The molecule has 112 valence electrons. The highest BCUT2D eigenvalue weighted by Crippen LogP contribution is 2.39. The summed E-state index contributed by atoms with van der Waals surface area (Å²) in [4.78, 5) is 0.318. The Morgan fingerprint density at radius 1 is 1.25 bits per heavy atom.